The average molecular weight is 243 g/mol. The molecule has 0 radical (unpaired) electrons. The molecule has 0 unspecified atom stereocenters. The molecule has 2 aromatic rings. The summed E-state index contributed by atoms with van der Waals surface area (Å²) in [6, 6.07) is 15.3. The van der Waals surface area contributed by atoms with Gasteiger partial charge in [-0.2, -0.15) is 0 Å². The Morgan fingerprint density at radius 2 is 1.88 bits per heavy atom. The van der Waals surface area contributed by atoms with Crippen LogP contribution in [0.3, 0.4) is 0 Å². The fraction of sp³-hybridized carbons (Fsp3) is 0.333. The molecule has 1 saturated heterocycles. The first-order chi connectivity index (χ1) is 8.42. The van der Waals surface area contributed by atoms with Crippen molar-refractivity contribution in [3.63, 3.8) is 0 Å². The molecule has 0 bridgehead atoms. The third-order valence-electron chi connectivity index (χ3n) is 3.26. The molecule has 1 heterocycles. The van der Waals surface area contributed by atoms with Gasteiger partial charge in [-0.3, -0.25) is 0 Å². The molecule has 2 heteroatoms. The molecule has 0 aliphatic carbocycles. The third-order valence-corrected chi connectivity index (χ3v) is 4.48. The van der Waals surface area contributed by atoms with Crippen LogP contribution in [0.5, 0.6) is 0 Å². The van der Waals surface area contributed by atoms with E-state index in [0.717, 1.165) is 0 Å². The largest absolute Gasteiger partial charge is 0.305 e. The minimum absolute atomic E-state index is 0.602. The van der Waals surface area contributed by atoms with Crippen LogP contribution in [0.4, 0.5) is 0 Å². The monoisotopic (exact) mass is 243 g/mol. The van der Waals surface area contributed by atoms with Gasteiger partial charge in [0.05, 0.1) is 5.37 Å². The van der Waals surface area contributed by atoms with Gasteiger partial charge in [-0.1, -0.05) is 30.3 Å². The van der Waals surface area contributed by atoms with Gasteiger partial charge in [-0.25, -0.2) is 0 Å². The van der Waals surface area contributed by atoms with E-state index in [0.29, 0.717) is 5.37 Å². The lowest BCUT2D eigenvalue weighted by molar-refractivity contribution is 0.491. The van der Waals surface area contributed by atoms with E-state index in [1.54, 1.807) is 0 Å². The van der Waals surface area contributed by atoms with E-state index in [1.807, 2.05) is 11.8 Å². The molecule has 88 valence electrons. The van der Waals surface area contributed by atoms with Crippen molar-refractivity contribution >= 4 is 22.5 Å². The van der Waals surface area contributed by atoms with Gasteiger partial charge in [0, 0.05) is 4.90 Å². The van der Waals surface area contributed by atoms with Crippen molar-refractivity contribution in [2.75, 3.05) is 6.54 Å². The SMILES string of the molecule is c1ccc2cc(S[C@@H]3CCCCN3)ccc2c1. The Bertz CT molecular complexity index is 503. The van der Waals surface area contributed by atoms with E-state index in [1.165, 1.54) is 41.5 Å². The zero-order valence-electron chi connectivity index (χ0n) is 9.86. The van der Waals surface area contributed by atoms with E-state index < -0.39 is 0 Å². The fourth-order valence-electron chi connectivity index (χ4n) is 2.33. The van der Waals surface area contributed by atoms with Crippen molar-refractivity contribution in [3.8, 4) is 0 Å². The Labute approximate surface area is 107 Å². The molecule has 1 N–H and O–H groups in total. The first-order valence-corrected chi connectivity index (χ1v) is 7.19. The maximum absolute atomic E-state index is 3.58. The second-order valence-corrected chi connectivity index (χ2v) is 5.84. The molecule has 0 saturated carbocycles. The van der Waals surface area contributed by atoms with Crippen molar-refractivity contribution in [1.29, 1.82) is 0 Å². The van der Waals surface area contributed by atoms with Crippen LogP contribution >= 0.6 is 11.8 Å². The summed E-state index contributed by atoms with van der Waals surface area (Å²) in [6.07, 6.45) is 3.98. The number of rotatable bonds is 2. The van der Waals surface area contributed by atoms with Gasteiger partial charge in [0.2, 0.25) is 0 Å². The molecular weight excluding hydrogens is 226 g/mol. The lowest BCUT2D eigenvalue weighted by Crippen LogP contribution is -2.30. The van der Waals surface area contributed by atoms with Crippen LogP contribution in [-0.2, 0) is 0 Å². The van der Waals surface area contributed by atoms with Gasteiger partial charge in [-0.05, 0) is 48.7 Å². The Kier molecular flexibility index (Phi) is 3.34. The first-order valence-electron chi connectivity index (χ1n) is 6.31. The highest BCUT2D eigenvalue weighted by Gasteiger charge is 2.13. The molecule has 1 aliphatic heterocycles. The Balaban J connectivity index is 1.80. The molecule has 1 aliphatic rings. The molecule has 1 fully saturated rings. The zero-order chi connectivity index (χ0) is 11.5. The van der Waals surface area contributed by atoms with Crippen LogP contribution in [0.1, 0.15) is 19.3 Å². The summed E-state index contributed by atoms with van der Waals surface area (Å²) in [7, 11) is 0. The standard InChI is InChI=1S/C15H17NS/c1-2-6-13-11-14(9-8-12(13)5-1)17-15-7-3-4-10-16-15/h1-2,5-6,8-9,11,15-16H,3-4,7,10H2/t15-/m1/s1. The molecule has 0 spiro atoms. The second-order valence-electron chi connectivity index (χ2n) is 4.57. The van der Waals surface area contributed by atoms with Crippen molar-refractivity contribution in [1.82, 2.24) is 5.32 Å². The Hall–Kier alpha value is -0.990. The molecule has 17 heavy (non-hydrogen) atoms. The summed E-state index contributed by atoms with van der Waals surface area (Å²) in [4.78, 5) is 1.38. The van der Waals surface area contributed by atoms with Crippen molar-refractivity contribution in [2.24, 2.45) is 0 Å². The molecule has 3 rings (SSSR count). The lowest BCUT2D eigenvalue weighted by atomic mass is 10.1. The summed E-state index contributed by atoms with van der Waals surface area (Å²) in [5, 5.41) is 6.85. The van der Waals surface area contributed by atoms with Crippen LogP contribution in [0, 0.1) is 0 Å². The maximum Gasteiger partial charge on any atom is 0.0579 e. The number of thioether (sulfide) groups is 1. The van der Waals surface area contributed by atoms with Crippen molar-refractivity contribution < 1.29 is 0 Å². The predicted molar refractivity (Wildman–Crippen MR) is 75.4 cm³/mol. The third kappa shape index (κ3) is 2.64. The molecule has 1 atom stereocenters. The number of benzene rings is 2. The second kappa shape index (κ2) is 5.11. The van der Waals surface area contributed by atoms with E-state index >= 15 is 0 Å². The average Bonchev–Trinajstić information content (AvgIpc) is 2.40. The molecule has 0 amide bonds. The highest BCUT2D eigenvalue weighted by Crippen LogP contribution is 2.29. The normalized spacial score (nSPS) is 20.6. The Morgan fingerprint density at radius 3 is 2.71 bits per heavy atom. The van der Waals surface area contributed by atoms with Crippen molar-refractivity contribution in [2.45, 2.75) is 29.5 Å². The summed E-state index contributed by atoms with van der Waals surface area (Å²) in [6.45, 7) is 1.17. The maximum atomic E-state index is 3.58. The summed E-state index contributed by atoms with van der Waals surface area (Å²) in [5.41, 5.74) is 0. The van der Waals surface area contributed by atoms with E-state index in [-0.39, 0.29) is 0 Å². The minimum atomic E-state index is 0.602. The topological polar surface area (TPSA) is 12.0 Å². The number of hydrogen-bond donors (Lipinski definition) is 1. The summed E-state index contributed by atoms with van der Waals surface area (Å²) < 4.78 is 0. The van der Waals surface area contributed by atoms with E-state index in [9.17, 15) is 0 Å². The highest BCUT2D eigenvalue weighted by molar-refractivity contribution is 7.99. The van der Waals surface area contributed by atoms with Crippen molar-refractivity contribution in [3.05, 3.63) is 42.5 Å². The molecule has 1 nitrogen and oxygen atoms in total. The molecular formula is C15H17NS. The Morgan fingerprint density at radius 1 is 1.00 bits per heavy atom. The number of fused-ring (bicyclic) bond motifs is 1. The first kappa shape index (κ1) is 11.1. The number of nitrogens with one attached hydrogen (secondary N) is 1. The van der Waals surface area contributed by atoms with Crippen LogP contribution in [0.2, 0.25) is 0 Å². The summed E-state index contributed by atoms with van der Waals surface area (Å²) >= 11 is 1.97. The van der Waals surface area contributed by atoms with E-state index in [2.05, 4.69) is 47.8 Å². The molecule has 0 aromatic heterocycles. The van der Waals surface area contributed by atoms with Crippen LogP contribution in [0.25, 0.3) is 10.8 Å². The van der Waals surface area contributed by atoms with Crippen LogP contribution < -0.4 is 5.32 Å². The van der Waals surface area contributed by atoms with Gasteiger partial charge in [0.15, 0.2) is 0 Å². The van der Waals surface area contributed by atoms with Gasteiger partial charge in [0.1, 0.15) is 0 Å². The van der Waals surface area contributed by atoms with Crippen LogP contribution in [-0.4, -0.2) is 11.9 Å². The van der Waals surface area contributed by atoms with Gasteiger partial charge < -0.3 is 5.32 Å². The predicted octanol–water partition coefficient (Wildman–Crippen LogP) is 4.03. The van der Waals surface area contributed by atoms with Gasteiger partial charge >= 0.3 is 0 Å². The lowest BCUT2D eigenvalue weighted by Gasteiger charge is -2.22. The smallest absolute Gasteiger partial charge is 0.0579 e. The van der Waals surface area contributed by atoms with Gasteiger partial charge in [-0.15, -0.1) is 11.8 Å². The van der Waals surface area contributed by atoms with Gasteiger partial charge in [0.25, 0.3) is 0 Å². The quantitative estimate of drug-likeness (QED) is 0.854. The van der Waals surface area contributed by atoms with Crippen LogP contribution in [0.15, 0.2) is 47.4 Å². The molecule has 2 aromatic carbocycles. The summed E-state index contributed by atoms with van der Waals surface area (Å²) in [5.74, 6) is 0. The minimum Gasteiger partial charge on any atom is -0.305 e. The number of hydrogen-bond acceptors (Lipinski definition) is 2. The number of piperidine rings is 1. The highest BCUT2D eigenvalue weighted by atomic mass is 32.2. The zero-order valence-corrected chi connectivity index (χ0v) is 10.7. The fourth-order valence-corrected chi connectivity index (χ4v) is 3.48. The van der Waals surface area contributed by atoms with E-state index in [4.69, 9.17) is 0 Å².